The average molecular weight is 389 g/mol. The van der Waals surface area contributed by atoms with Crippen LogP contribution >= 0.6 is 0 Å². The molecule has 0 aliphatic heterocycles. The van der Waals surface area contributed by atoms with Gasteiger partial charge in [0.1, 0.15) is 0 Å². The third-order valence-electron chi connectivity index (χ3n) is 1.45. The van der Waals surface area contributed by atoms with Crippen LogP contribution in [-0.4, -0.2) is 55.6 Å². The number of hydrogen-bond donors (Lipinski definition) is 1. The first-order valence-electron chi connectivity index (χ1n) is 3.80. The molecule has 4 nitrogen and oxygen atoms in total. The Labute approximate surface area is 101 Å². The van der Waals surface area contributed by atoms with E-state index < -0.39 is 5.97 Å². The Morgan fingerprint density at radius 2 is 1.93 bits per heavy atom. The van der Waals surface area contributed by atoms with Crippen LogP contribution in [0, 0.1) is 0 Å². The van der Waals surface area contributed by atoms with Gasteiger partial charge in [-0.2, -0.15) is 0 Å². The van der Waals surface area contributed by atoms with Gasteiger partial charge >= 0.3 is 33.3 Å². The van der Waals surface area contributed by atoms with E-state index in [1.165, 1.54) is 0 Å². The minimum atomic E-state index is -0.552. The molecule has 0 aromatic heterocycles. The van der Waals surface area contributed by atoms with E-state index in [-0.39, 0.29) is 39.8 Å². The van der Waals surface area contributed by atoms with Crippen LogP contribution in [0.25, 0.3) is 0 Å². The van der Waals surface area contributed by atoms with Crippen molar-refractivity contribution < 1.29 is 14.7 Å². The predicted octanol–water partition coefficient (Wildman–Crippen LogP) is -1.01. The van der Waals surface area contributed by atoms with Gasteiger partial charge < -0.3 is 10.4 Å². The molecule has 1 aromatic carbocycles. The Kier molecular flexibility index (Phi) is 6.10. The van der Waals surface area contributed by atoms with Crippen molar-refractivity contribution in [2.75, 3.05) is 6.54 Å². The van der Waals surface area contributed by atoms with Crippen molar-refractivity contribution in [2.45, 2.75) is 0 Å². The monoisotopic (exact) mass is 390 g/mol. The number of benzene rings is 1. The molecule has 0 saturated carbocycles. The molecule has 0 saturated heterocycles. The molecule has 1 rings (SSSR count). The van der Waals surface area contributed by atoms with Crippen molar-refractivity contribution in [1.82, 2.24) is 5.32 Å². The number of carbonyl (C=O) groups excluding carboxylic acids is 2. The molecule has 0 fully saturated rings. The van der Waals surface area contributed by atoms with E-state index in [0.717, 1.165) is 0 Å². The molecule has 4 N–H and O–H groups in total. The molecule has 3 radical (unpaired) electrons. The third-order valence-corrected chi connectivity index (χ3v) is 1.45. The molecule has 0 heterocycles. The second-order valence-corrected chi connectivity index (χ2v) is 2.50. The second-order valence-electron chi connectivity index (χ2n) is 2.50. The summed E-state index contributed by atoms with van der Waals surface area (Å²) in [4.78, 5) is 19.7. The molecule has 0 bridgehead atoms. The Hall–Kier alpha value is -0.918. The summed E-state index contributed by atoms with van der Waals surface area (Å²) < 4.78 is 0. The van der Waals surface area contributed by atoms with Gasteiger partial charge in [0.05, 0.1) is 0 Å². The van der Waals surface area contributed by atoms with Gasteiger partial charge in [-0.05, 0) is 12.1 Å². The van der Waals surface area contributed by atoms with E-state index in [1.54, 1.807) is 24.3 Å². The second kappa shape index (κ2) is 6.52. The summed E-state index contributed by atoms with van der Waals surface area (Å²) in [7, 11) is 0. The van der Waals surface area contributed by atoms with Crippen LogP contribution in [0.4, 0.5) is 0 Å². The first-order chi connectivity index (χ1) is 6.20. The zero-order valence-corrected chi connectivity index (χ0v) is 12.0. The standard InChI is InChI=1S/C9H9NO3.Pb.H/c11-8(12)6-10-9(13)7-4-2-1-3-5-7;;/h1-5H,6H2,(H,10,13)(H,11,12);;/p+2. The van der Waals surface area contributed by atoms with E-state index in [2.05, 4.69) is 5.32 Å². The van der Waals surface area contributed by atoms with E-state index >= 15 is 0 Å². The minimum absolute atomic E-state index is 0. The van der Waals surface area contributed by atoms with Gasteiger partial charge in [0.25, 0.3) is 5.91 Å². The Balaban J connectivity index is 0.00000169. The zero-order valence-electron chi connectivity index (χ0n) is 7.53. The molecule has 0 aliphatic carbocycles. The summed E-state index contributed by atoms with van der Waals surface area (Å²) in [5.41, 5.74) is 0.517. The molecular weight excluding hydrogens is 377 g/mol. The summed E-state index contributed by atoms with van der Waals surface area (Å²) in [6, 6.07) is 8.63. The van der Waals surface area contributed by atoms with Crippen LogP contribution in [0.1, 0.15) is 10.4 Å². The molecule has 0 spiro atoms. The number of carbonyl (C=O) groups is 1. The fraction of sp³-hybridized carbons (Fsp3) is 0.111. The Bertz CT molecular complexity index is 313. The van der Waals surface area contributed by atoms with Crippen LogP contribution in [-0.2, 0) is 0 Å². The number of rotatable bonds is 3. The number of nitrogens with one attached hydrogen (secondary N) is 1. The van der Waals surface area contributed by atoms with Crippen LogP contribution in [0.3, 0.4) is 0 Å². The van der Waals surface area contributed by atoms with Crippen LogP contribution in [0.2, 0.25) is 0 Å². The van der Waals surface area contributed by atoms with Crippen molar-refractivity contribution in [3.05, 3.63) is 35.9 Å². The van der Waals surface area contributed by atoms with Gasteiger partial charge in [0, 0.05) is 5.56 Å². The molecule has 5 heteroatoms. The quantitative estimate of drug-likeness (QED) is 0.523. The summed E-state index contributed by atoms with van der Waals surface area (Å²) in [6.07, 6.45) is 0. The topological polar surface area (TPSA) is 73.4 Å². The SMILES string of the molecule is O=C(NCC(=[OH+])[OH2+])c1ccccc1.[PbH]. The molecule has 1 aromatic rings. The Morgan fingerprint density at radius 3 is 2.43 bits per heavy atom. The molecule has 14 heavy (non-hydrogen) atoms. The van der Waals surface area contributed by atoms with Crippen LogP contribution < -0.4 is 5.32 Å². The first-order valence-corrected chi connectivity index (χ1v) is 3.80. The average Bonchev–Trinajstić information content (AvgIpc) is 2.15. The van der Waals surface area contributed by atoms with Gasteiger partial charge in [-0.1, -0.05) is 18.2 Å². The molecule has 73 valence electrons. The van der Waals surface area contributed by atoms with Crippen LogP contribution in [0.15, 0.2) is 30.3 Å². The van der Waals surface area contributed by atoms with Crippen molar-refractivity contribution >= 4 is 39.2 Å². The molecule has 0 aliphatic rings. The van der Waals surface area contributed by atoms with Crippen molar-refractivity contribution in [3.63, 3.8) is 0 Å². The van der Waals surface area contributed by atoms with E-state index in [4.69, 9.17) is 9.90 Å². The maximum absolute atomic E-state index is 11.2. The van der Waals surface area contributed by atoms with Crippen molar-refractivity contribution in [2.24, 2.45) is 0 Å². The molecule has 0 unspecified atom stereocenters. The van der Waals surface area contributed by atoms with E-state index in [0.29, 0.717) is 5.56 Å². The summed E-state index contributed by atoms with van der Waals surface area (Å²) in [6.45, 7) is -0.131. The van der Waals surface area contributed by atoms with E-state index in [1.807, 2.05) is 6.07 Å². The fourth-order valence-electron chi connectivity index (χ4n) is 0.856. The van der Waals surface area contributed by atoms with Gasteiger partial charge in [-0.25, -0.2) is 4.79 Å². The molecule has 1 amide bonds. The first kappa shape index (κ1) is 13.1. The number of amides is 1. The molecular formula is C9H12NO3Pb+2. The summed E-state index contributed by atoms with van der Waals surface area (Å²) >= 11 is 0. The normalized spacial score (nSPS) is 8.57. The fourth-order valence-corrected chi connectivity index (χ4v) is 0.856. The predicted molar refractivity (Wildman–Crippen MR) is 56.5 cm³/mol. The van der Waals surface area contributed by atoms with Crippen molar-refractivity contribution in [1.29, 1.82) is 0 Å². The van der Waals surface area contributed by atoms with Gasteiger partial charge in [-0.15, -0.1) is 0 Å². The summed E-state index contributed by atoms with van der Waals surface area (Å²) in [5.74, 6) is -0.844. The van der Waals surface area contributed by atoms with Crippen molar-refractivity contribution in [3.8, 4) is 0 Å². The maximum atomic E-state index is 11.2. The Morgan fingerprint density at radius 1 is 1.36 bits per heavy atom. The van der Waals surface area contributed by atoms with Gasteiger partial charge in [-0.3, -0.25) is 4.79 Å². The molecule has 0 atom stereocenters. The third kappa shape index (κ3) is 4.36. The number of hydrogen-bond acceptors (Lipinski definition) is 1. The van der Waals surface area contributed by atoms with Crippen LogP contribution in [0.5, 0.6) is 0 Å². The summed E-state index contributed by atoms with van der Waals surface area (Å²) in [5, 5.41) is 9.08. The van der Waals surface area contributed by atoms with Gasteiger partial charge in [0.2, 0.25) is 6.54 Å². The van der Waals surface area contributed by atoms with Gasteiger partial charge in [0.15, 0.2) is 0 Å². The zero-order chi connectivity index (χ0) is 9.68. The van der Waals surface area contributed by atoms with E-state index in [9.17, 15) is 4.79 Å².